The monoisotopic (exact) mass is 141 g/mol. The SMILES string of the molecule is C=CN(C=NC)CCCN. The summed E-state index contributed by atoms with van der Waals surface area (Å²) in [5.74, 6) is 0. The Hall–Kier alpha value is -0.830. The first-order chi connectivity index (χ1) is 4.85. The van der Waals surface area contributed by atoms with Crippen LogP contribution in [0.4, 0.5) is 0 Å². The lowest BCUT2D eigenvalue weighted by molar-refractivity contribution is 0.551. The Morgan fingerprint density at radius 1 is 1.70 bits per heavy atom. The van der Waals surface area contributed by atoms with Gasteiger partial charge in [0, 0.05) is 13.6 Å². The molecular formula is C7H15N3. The minimum atomic E-state index is 0.710. The molecule has 0 aliphatic heterocycles. The van der Waals surface area contributed by atoms with Gasteiger partial charge >= 0.3 is 0 Å². The smallest absolute Gasteiger partial charge is 0.0885 e. The number of hydrogen-bond donors (Lipinski definition) is 1. The van der Waals surface area contributed by atoms with E-state index in [1.165, 1.54) is 0 Å². The number of hydrogen-bond acceptors (Lipinski definition) is 2. The Morgan fingerprint density at radius 3 is 2.80 bits per heavy atom. The number of rotatable bonds is 5. The largest absolute Gasteiger partial charge is 0.340 e. The van der Waals surface area contributed by atoms with Crippen LogP contribution in [0.25, 0.3) is 0 Å². The molecule has 0 rings (SSSR count). The van der Waals surface area contributed by atoms with Crippen molar-refractivity contribution in [3.05, 3.63) is 12.8 Å². The molecule has 0 spiro atoms. The summed E-state index contributed by atoms with van der Waals surface area (Å²) >= 11 is 0. The molecule has 2 N–H and O–H groups in total. The van der Waals surface area contributed by atoms with E-state index in [2.05, 4.69) is 11.6 Å². The topological polar surface area (TPSA) is 41.6 Å². The Balaban J connectivity index is 3.49. The van der Waals surface area contributed by atoms with Crippen molar-refractivity contribution < 1.29 is 0 Å². The normalized spacial score (nSPS) is 10.2. The van der Waals surface area contributed by atoms with E-state index in [9.17, 15) is 0 Å². The molecule has 3 nitrogen and oxygen atoms in total. The molecule has 3 heteroatoms. The fourth-order valence-electron chi connectivity index (χ4n) is 0.618. The zero-order valence-corrected chi connectivity index (χ0v) is 6.45. The Bertz CT molecular complexity index is 109. The quantitative estimate of drug-likeness (QED) is 0.446. The first kappa shape index (κ1) is 9.17. The Morgan fingerprint density at radius 2 is 2.40 bits per heavy atom. The van der Waals surface area contributed by atoms with Crippen molar-refractivity contribution in [2.45, 2.75) is 6.42 Å². The van der Waals surface area contributed by atoms with Gasteiger partial charge in [-0.05, 0) is 19.2 Å². The second kappa shape index (κ2) is 6.29. The van der Waals surface area contributed by atoms with Crippen molar-refractivity contribution in [1.82, 2.24) is 4.90 Å². The van der Waals surface area contributed by atoms with Crippen LogP contribution in [0, 0.1) is 0 Å². The number of nitrogens with zero attached hydrogens (tertiary/aromatic N) is 2. The average molecular weight is 141 g/mol. The van der Waals surface area contributed by atoms with Crippen LogP contribution in [0.5, 0.6) is 0 Å². The summed E-state index contributed by atoms with van der Waals surface area (Å²) in [6, 6.07) is 0. The van der Waals surface area contributed by atoms with Gasteiger partial charge in [-0.2, -0.15) is 0 Å². The van der Waals surface area contributed by atoms with Gasteiger partial charge in [0.1, 0.15) is 0 Å². The van der Waals surface area contributed by atoms with Gasteiger partial charge in [0.25, 0.3) is 0 Å². The molecule has 0 fully saturated rings. The van der Waals surface area contributed by atoms with Gasteiger partial charge in [-0.25, -0.2) is 0 Å². The standard InChI is InChI=1S/C7H15N3/c1-3-10(7-9-2)6-4-5-8/h3,7H,1,4-6,8H2,2H3. The minimum absolute atomic E-state index is 0.710. The third-order valence-corrected chi connectivity index (χ3v) is 1.12. The highest BCUT2D eigenvalue weighted by atomic mass is 15.1. The summed E-state index contributed by atoms with van der Waals surface area (Å²) in [7, 11) is 1.74. The van der Waals surface area contributed by atoms with Crippen molar-refractivity contribution in [2.75, 3.05) is 20.1 Å². The molecule has 0 atom stereocenters. The molecule has 0 aliphatic carbocycles. The molecule has 10 heavy (non-hydrogen) atoms. The maximum Gasteiger partial charge on any atom is 0.0885 e. The molecular weight excluding hydrogens is 126 g/mol. The van der Waals surface area contributed by atoms with Crippen LogP contribution in [-0.4, -0.2) is 31.4 Å². The molecule has 0 saturated heterocycles. The lowest BCUT2D eigenvalue weighted by atomic mass is 10.4. The van der Waals surface area contributed by atoms with Crippen molar-refractivity contribution in [1.29, 1.82) is 0 Å². The number of nitrogens with two attached hydrogens (primary N) is 1. The molecule has 0 unspecified atom stereocenters. The van der Waals surface area contributed by atoms with E-state index in [1.54, 1.807) is 19.6 Å². The molecule has 0 aromatic carbocycles. The van der Waals surface area contributed by atoms with E-state index < -0.39 is 0 Å². The zero-order chi connectivity index (χ0) is 7.82. The van der Waals surface area contributed by atoms with E-state index in [0.29, 0.717) is 6.54 Å². The lowest BCUT2D eigenvalue weighted by Crippen LogP contribution is -2.18. The summed E-state index contributed by atoms with van der Waals surface area (Å²) < 4.78 is 0. The molecule has 0 aliphatic rings. The van der Waals surface area contributed by atoms with Crippen molar-refractivity contribution in [3.63, 3.8) is 0 Å². The fraction of sp³-hybridized carbons (Fsp3) is 0.571. The highest BCUT2D eigenvalue weighted by molar-refractivity contribution is 5.55. The highest BCUT2D eigenvalue weighted by Gasteiger charge is 1.90. The predicted octanol–water partition coefficient (Wildman–Crippen LogP) is 0.439. The maximum absolute atomic E-state index is 5.32. The van der Waals surface area contributed by atoms with E-state index >= 15 is 0 Å². The van der Waals surface area contributed by atoms with Gasteiger partial charge in [-0.3, -0.25) is 4.99 Å². The average Bonchev–Trinajstić information content (AvgIpc) is 1.98. The first-order valence-electron chi connectivity index (χ1n) is 3.35. The van der Waals surface area contributed by atoms with Crippen molar-refractivity contribution in [2.24, 2.45) is 10.7 Å². The lowest BCUT2D eigenvalue weighted by Gasteiger charge is -2.11. The molecule has 0 radical (unpaired) electrons. The molecule has 0 aromatic rings. The third kappa shape index (κ3) is 4.09. The fourth-order valence-corrected chi connectivity index (χ4v) is 0.618. The summed E-state index contributed by atoms with van der Waals surface area (Å²) in [6.45, 7) is 5.24. The number of aliphatic imine (C=N–C) groups is 1. The van der Waals surface area contributed by atoms with Gasteiger partial charge < -0.3 is 10.6 Å². The summed E-state index contributed by atoms with van der Waals surface area (Å²) in [5, 5.41) is 0. The van der Waals surface area contributed by atoms with Gasteiger partial charge in [-0.1, -0.05) is 6.58 Å². The Kier molecular flexibility index (Phi) is 5.77. The van der Waals surface area contributed by atoms with Gasteiger partial charge in [0.15, 0.2) is 0 Å². The third-order valence-electron chi connectivity index (χ3n) is 1.12. The minimum Gasteiger partial charge on any atom is -0.340 e. The van der Waals surface area contributed by atoms with E-state index in [1.807, 2.05) is 4.90 Å². The van der Waals surface area contributed by atoms with Crippen LogP contribution in [0.15, 0.2) is 17.8 Å². The maximum atomic E-state index is 5.32. The van der Waals surface area contributed by atoms with E-state index in [4.69, 9.17) is 5.73 Å². The highest BCUT2D eigenvalue weighted by Crippen LogP contribution is 1.85. The zero-order valence-electron chi connectivity index (χ0n) is 6.45. The summed E-state index contributed by atoms with van der Waals surface area (Å²) in [4.78, 5) is 5.76. The van der Waals surface area contributed by atoms with Gasteiger partial charge in [0.2, 0.25) is 0 Å². The van der Waals surface area contributed by atoms with Crippen LogP contribution in [0.3, 0.4) is 0 Å². The van der Waals surface area contributed by atoms with Crippen LogP contribution < -0.4 is 5.73 Å². The molecule has 58 valence electrons. The van der Waals surface area contributed by atoms with Crippen LogP contribution in [0.2, 0.25) is 0 Å². The van der Waals surface area contributed by atoms with Crippen molar-refractivity contribution >= 4 is 6.34 Å². The molecule has 0 heterocycles. The Labute approximate surface area is 62.2 Å². The predicted molar refractivity (Wildman–Crippen MR) is 45.0 cm³/mol. The molecule has 0 saturated carbocycles. The molecule has 0 bridgehead atoms. The second-order valence-corrected chi connectivity index (χ2v) is 1.94. The van der Waals surface area contributed by atoms with Gasteiger partial charge in [-0.15, -0.1) is 0 Å². The van der Waals surface area contributed by atoms with Gasteiger partial charge in [0.05, 0.1) is 6.34 Å². The second-order valence-electron chi connectivity index (χ2n) is 1.94. The van der Waals surface area contributed by atoms with E-state index in [-0.39, 0.29) is 0 Å². The summed E-state index contributed by atoms with van der Waals surface area (Å²) in [5.41, 5.74) is 5.32. The van der Waals surface area contributed by atoms with E-state index in [0.717, 1.165) is 13.0 Å². The van der Waals surface area contributed by atoms with Crippen LogP contribution in [0.1, 0.15) is 6.42 Å². The van der Waals surface area contributed by atoms with Crippen molar-refractivity contribution in [3.8, 4) is 0 Å². The summed E-state index contributed by atoms with van der Waals surface area (Å²) in [6.07, 6.45) is 4.45. The molecule has 0 amide bonds. The van der Waals surface area contributed by atoms with Crippen LogP contribution >= 0.6 is 0 Å². The molecule has 0 aromatic heterocycles. The van der Waals surface area contributed by atoms with Crippen LogP contribution in [-0.2, 0) is 0 Å². The first-order valence-corrected chi connectivity index (χ1v) is 3.35.